The molecular weight excluding hydrogens is 351 g/mol. The molecule has 2 fully saturated rings. The number of amides is 1. The summed E-state index contributed by atoms with van der Waals surface area (Å²) in [6.45, 7) is -0.416. The molecule has 0 spiro atoms. The molecule has 0 aliphatic heterocycles. The van der Waals surface area contributed by atoms with Crippen LogP contribution < -0.4 is 10.1 Å². The van der Waals surface area contributed by atoms with Crippen LogP contribution in [0.1, 0.15) is 32.1 Å². The molecule has 1 amide bonds. The van der Waals surface area contributed by atoms with E-state index in [1.807, 2.05) is 0 Å². The summed E-state index contributed by atoms with van der Waals surface area (Å²) in [5.41, 5.74) is 0.286. The Balaban J connectivity index is 1.39. The van der Waals surface area contributed by atoms with E-state index in [9.17, 15) is 22.8 Å². The second-order valence-electron chi connectivity index (χ2n) is 6.92. The van der Waals surface area contributed by atoms with Gasteiger partial charge in [-0.1, -0.05) is 6.42 Å². The molecule has 0 radical (unpaired) electrons. The number of hydrogen-bond donors (Lipinski definition) is 1. The maximum absolute atomic E-state index is 12.1. The fourth-order valence-electron chi connectivity index (χ4n) is 3.98. The van der Waals surface area contributed by atoms with E-state index in [1.165, 1.54) is 31.4 Å². The van der Waals surface area contributed by atoms with Crippen LogP contribution in [0.25, 0.3) is 0 Å². The van der Waals surface area contributed by atoms with E-state index >= 15 is 0 Å². The van der Waals surface area contributed by atoms with Crippen molar-refractivity contribution in [1.82, 2.24) is 0 Å². The highest BCUT2D eigenvalue weighted by molar-refractivity contribution is 5.92. The summed E-state index contributed by atoms with van der Waals surface area (Å²) >= 11 is 0. The Kier molecular flexibility index (Phi) is 5.38. The summed E-state index contributed by atoms with van der Waals surface area (Å²) in [4.78, 5) is 23.7. The standard InChI is InChI=1S/C18H20F3NO4/c19-18(20,21)26-15-5-3-14(4-6-15)22-16(23)10-25-17(24)9-13-8-11-1-2-12(13)7-11/h3-6,11-13H,1-2,7-10H2,(H,22,23)/t11-,12-,13-/m1/s1. The predicted molar refractivity (Wildman–Crippen MR) is 86.3 cm³/mol. The Bertz CT molecular complexity index is 659. The van der Waals surface area contributed by atoms with Gasteiger partial charge in [-0.2, -0.15) is 0 Å². The average Bonchev–Trinajstić information content (AvgIpc) is 3.16. The molecule has 3 rings (SSSR count). The van der Waals surface area contributed by atoms with Gasteiger partial charge in [0.05, 0.1) is 0 Å². The summed E-state index contributed by atoms with van der Waals surface area (Å²) < 4.78 is 45.0. The van der Waals surface area contributed by atoms with E-state index in [2.05, 4.69) is 10.1 Å². The molecule has 8 heteroatoms. The van der Waals surface area contributed by atoms with Gasteiger partial charge in [0.25, 0.3) is 5.91 Å². The number of anilines is 1. The van der Waals surface area contributed by atoms with Crippen LogP contribution in [-0.4, -0.2) is 24.8 Å². The number of rotatable bonds is 6. The Labute approximate surface area is 148 Å². The predicted octanol–water partition coefficient (Wildman–Crippen LogP) is 3.89. The first-order chi connectivity index (χ1) is 12.3. The molecule has 2 saturated carbocycles. The van der Waals surface area contributed by atoms with Crippen molar-refractivity contribution in [2.24, 2.45) is 17.8 Å². The fourth-order valence-corrected chi connectivity index (χ4v) is 3.98. The SMILES string of the molecule is O=C(COC(=O)C[C@H]1C[C@@H]2CC[C@@H]1C2)Nc1ccc(OC(F)(F)F)cc1. The number of carbonyl (C=O) groups is 2. The Morgan fingerprint density at radius 3 is 2.42 bits per heavy atom. The lowest BCUT2D eigenvalue weighted by Gasteiger charge is -2.20. The molecule has 2 bridgehead atoms. The number of carbonyl (C=O) groups excluding carboxylic acids is 2. The van der Waals surface area contributed by atoms with Crippen molar-refractivity contribution in [3.63, 3.8) is 0 Å². The van der Waals surface area contributed by atoms with Gasteiger partial charge in [-0.05, 0) is 61.3 Å². The highest BCUT2D eigenvalue weighted by Crippen LogP contribution is 2.49. The van der Waals surface area contributed by atoms with Crippen molar-refractivity contribution in [1.29, 1.82) is 0 Å². The number of alkyl halides is 3. The molecule has 0 heterocycles. The van der Waals surface area contributed by atoms with Gasteiger partial charge < -0.3 is 14.8 Å². The molecule has 142 valence electrons. The average molecular weight is 371 g/mol. The van der Waals surface area contributed by atoms with E-state index in [0.29, 0.717) is 18.3 Å². The Morgan fingerprint density at radius 1 is 1.12 bits per heavy atom. The fraction of sp³-hybridized carbons (Fsp3) is 0.556. The molecule has 1 aromatic rings. The number of halogens is 3. The molecule has 26 heavy (non-hydrogen) atoms. The lowest BCUT2D eigenvalue weighted by Crippen LogP contribution is -2.23. The number of benzene rings is 1. The molecule has 2 aliphatic rings. The molecule has 0 unspecified atom stereocenters. The highest BCUT2D eigenvalue weighted by Gasteiger charge is 2.40. The van der Waals surface area contributed by atoms with Crippen LogP contribution in [0.15, 0.2) is 24.3 Å². The molecule has 1 aromatic carbocycles. The van der Waals surface area contributed by atoms with Crippen molar-refractivity contribution < 1.29 is 32.2 Å². The van der Waals surface area contributed by atoms with Gasteiger partial charge >= 0.3 is 12.3 Å². The normalized spacial score (nSPS) is 24.3. The minimum atomic E-state index is -4.77. The summed E-state index contributed by atoms with van der Waals surface area (Å²) in [7, 11) is 0. The second kappa shape index (κ2) is 7.55. The van der Waals surface area contributed by atoms with Gasteiger partial charge in [0, 0.05) is 12.1 Å². The third-order valence-electron chi connectivity index (χ3n) is 5.05. The van der Waals surface area contributed by atoms with E-state index in [0.717, 1.165) is 24.5 Å². The number of esters is 1. The zero-order valence-corrected chi connectivity index (χ0v) is 14.1. The molecule has 0 aromatic heterocycles. The van der Waals surface area contributed by atoms with Crippen LogP contribution in [0.3, 0.4) is 0 Å². The van der Waals surface area contributed by atoms with Gasteiger partial charge in [-0.15, -0.1) is 13.2 Å². The van der Waals surface area contributed by atoms with Crippen LogP contribution in [0.2, 0.25) is 0 Å². The maximum atomic E-state index is 12.1. The zero-order valence-electron chi connectivity index (χ0n) is 14.1. The Hall–Kier alpha value is -2.25. The van der Waals surface area contributed by atoms with E-state index in [-0.39, 0.29) is 17.4 Å². The van der Waals surface area contributed by atoms with Crippen LogP contribution in [0.5, 0.6) is 5.75 Å². The molecular formula is C18H20F3NO4. The smallest absolute Gasteiger partial charge is 0.456 e. The molecule has 3 atom stereocenters. The lowest BCUT2D eigenvalue weighted by molar-refractivity contribution is -0.274. The van der Waals surface area contributed by atoms with Crippen LogP contribution in [0.4, 0.5) is 18.9 Å². The van der Waals surface area contributed by atoms with Crippen LogP contribution in [-0.2, 0) is 14.3 Å². The van der Waals surface area contributed by atoms with Crippen molar-refractivity contribution in [2.45, 2.75) is 38.5 Å². The van der Waals surface area contributed by atoms with Gasteiger partial charge in [0.1, 0.15) is 5.75 Å². The maximum Gasteiger partial charge on any atom is 0.573 e. The minimum absolute atomic E-state index is 0.286. The van der Waals surface area contributed by atoms with Crippen molar-refractivity contribution >= 4 is 17.6 Å². The summed E-state index contributed by atoms with van der Waals surface area (Å²) in [5.74, 6) is 0.407. The molecule has 0 saturated heterocycles. The van der Waals surface area contributed by atoms with E-state index in [1.54, 1.807) is 0 Å². The van der Waals surface area contributed by atoms with Crippen molar-refractivity contribution in [2.75, 3.05) is 11.9 Å². The zero-order chi connectivity index (χ0) is 18.7. The summed E-state index contributed by atoms with van der Waals surface area (Å²) in [6, 6.07) is 4.72. The largest absolute Gasteiger partial charge is 0.573 e. The first-order valence-corrected chi connectivity index (χ1v) is 8.60. The highest BCUT2D eigenvalue weighted by atomic mass is 19.4. The molecule has 5 nitrogen and oxygen atoms in total. The Morgan fingerprint density at radius 2 is 1.85 bits per heavy atom. The van der Waals surface area contributed by atoms with E-state index in [4.69, 9.17) is 4.74 Å². The van der Waals surface area contributed by atoms with Crippen LogP contribution >= 0.6 is 0 Å². The van der Waals surface area contributed by atoms with Crippen LogP contribution in [0, 0.1) is 17.8 Å². The number of fused-ring (bicyclic) bond motifs is 2. The monoisotopic (exact) mass is 371 g/mol. The number of hydrogen-bond acceptors (Lipinski definition) is 4. The van der Waals surface area contributed by atoms with Crippen molar-refractivity contribution in [3.8, 4) is 5.75 Å². The third kappa shape index (κ3) is 5.12. The van der Waals surface area contributed by atoms with Gasteiger partial charge in [-0.25, -0.2) is 0 Å². The third-order valence-corrected chi connectivity index (χ3v) is 5.05. The minimum Gasteiger partial charge on any atom is -0.456 e. The quantitative estimate of drug-likeness (QED) is 0.771. The molecule has 2 aliphatic carbocycles. The first-order valence-electron chi connectivity index (χ1n) is 8.60. The second-order valence-corrected chi connectivity index (χ2v) is 6.92. The summed E-state index contributed by atoms with van der Waals surface area (Å²) in [5, 5.41) is 2.46. The lowest BCUT2D eigenvalue weighted by atomic mass is 9.86. The topological polar surface area (TPSA) is 64.6 Å². The first kappa shape index (κ1) is 18.5. The number of ether oxygens (including phenoxy) is 2. The van der Waals surface area contributed by atoms with Crippen molar-refractivity contribution in [3.05, 3.63) is 24.3 Å². The van der Waals surface area contributed by atoms with Gasteiger partial charge in [0.2, 0.25) is 0 Å². The molecule has 1 N–H and O–H groups in total. The van der Waals surface area contributed by atoms with Gasteiger partial charge in [-0.3, -0.25) is 9.59 Å². The van der Waals surface area contributed by atoms with E-state index < -0.39 is 18.9 Å². The number of nitrogens with one attached hydrogen (secondary N) is 1. The van der Waals surface area contributed by atoms with Gasteiger partial charge in [0.15, 0.2) is 6.61 Å². The summed E-state index contributed by atoms with van der Waals surface area (Å²) in [6.07, 6.45) is 0.281.